The molecule has 1 aromatic carbocycles. The van der Waals surface area contributed by atoms with E-state index in [9.17, 15) is 14.9 Å². The van der Waals surface area contributed by atoms with Crippen LogP contribution in [-0.2, 0) is 0 Å². The maximum absolute atomic E-state index is 12.8. The molecule has 1 saturated heterocycles. The van der Waals surface area contributed by atoms with Crippen molar-refractivity contribution in [3.05, 3.63) is 68.5 Å². The fourth-order valence-corrected chi connectivity index (χ4v) is 4.04. The Morgan fingerprint density at radius 3 is 2.52 bits per heavy atom. The molecule has 1 fully saturated rings. The van der Waals surface area contributed by atoms with E-state index in [1.54, 1.807) is 16.2 Å². The van der Waals surface area contributed by atoms with Crippen molar-refractivity contribution in [2.75, 3.05) is 31.1 Å². The first kappa shape index (κ1) is 19.3. The molecule has 2 aromatic heterocycles. The lowest BCUT2D eigenvalue weighted by molar-refractivity contribution is -0.384. The molecular weight excluding hydrogens is 414 g/mol. The van der Waals surface area contributed by atoms with Crippen molar-refractivity contribution >= 4 is 40.4 Å². The molecule has 1 aliphatic heterocycles. The van der Waals surface area contributed by atoms with Crippen LogP contribution in [-0.4, -0.2) is 52.1 Å². The van der Waals surface area contributed by atoms with Gasteiger partial charge in [-0.15, -0.1) is 21.5 Å². The summed E-state index contributed by atoms with van der Waals surface area (Å²) in [5.41, 5.74) is 0.824. The van der Waals surface area contributed by atoms with Gasteiger partial charge >= 0.3 is 0 Å². The van der Waals surface area contributed by atoms with E-state index in [2.05, 4.69) is 15.1 Å². The number of carbonyl (C=O) groups excluding carboxylic acids is 1. The molecule has 0 unspecified atom stereocenters. The molecule has 3 aromatic rings. The van der Waals surface area contributed by atoms with Crippen molar-refractivity contribution in [2.45, 2.75) is 0 Å². The molecule has 4 rings (SSSR count). The molecule has 8 nitrogen and oxygen atoms in total. The summed E-state index contributed by atoms with van der Waals surface area (Å²) in [7, 11) is 0. The highest BCUT2D eigenvalue weighted by Gasteiger charge is 2.25. The number of nitro groups is 1. The maximum atomic E-state index is 12.8. The highest BCUT2D eigenvalue weighted by Crippen LogP contribution is 2.25. The van der Waals surface area contributed by atoms with Crippen LogP contribution < -0.4 is 4.90 Å². The normalized spacial score (nSPS) is 14.1. The predicted octanol–water partition coefficient (Wildman–Crippen LogP) is 3.73. The average molecular weight is 430 g/mol. The molecule has 0 aliphatic carbocycles. The molecular formula is C19H16ClN5O3S. The molecule has 0 atom stereocenters. The van der Waals surface area contributed by atoms with Gasteiger partial charge in [0.25, 0.3) is 11.6 Å². The molecule has 0 saturated carbocycles. The van der Waals surface area contributed by atoms with E-state index >= 15 is 0 Å². The van der Waals surface area contributed by atoms with E-state index in [0.717, 1.165) is 16.4 Å². The summed E-state index contributed by atoms with van der Waals surface area (Å²) in [6, 6.07) is 11.7. The zero-order valence-corrected chi connectivity index (χ0v) is 16.8. The summed E-state index contributed by atoms with van der Waals surface area (Å²) in [4.78, 5) is 28.0. The summed E-state index contributed by atoms with van der Waals surface area (Å²) in [5.74, 6) is 0.447. The van der Waals surface area contributed by atoms with Crippen molar-refractivity contribution in [1.82, 2.24) is 15.1 Å². The summed E-state index contributed by atoms with van der Waals surface area (Å²) >= 11 is 7.71. The summed E-state index contributed by atoms with van der Waals surface area (Å²) < 4.78 is 0. The maximum Gasteiger partial charge on any atom is 0.270 e. The number of rotatable bonds is 4. The predicted molar refractivity (Wildman–Crippen MR) is 112 cm³/mol. The van der Waals surface area contributed by atoms with Gasteiger partial charge in [-0.2, -0.15) is 0 Å². The monoisotopic (exact) mass is 429 g/mol. The molecule has 0 bridgehead atoms. The van der Waals surface area contributed by atoms with Gasteiger partial charge in [0.15, 0.2) is 5.82 Å². The zero-order valence-electron chi connectivity index (χ0n) is 15.2. The topological polar surface area (TPSA) is 92.5 Å². The van der Waals surface area contributed by atoms with Crippen molar-refractivity contribution in [3.63, 3.8) is 0 Å². The number of piperazine rings is 1. The zero-order chi connectivity index (χ0) is 20.4. The van der Waals surface area contributed by atoms with Crippen molar-refractivity contribution < 1.29 is 9.72 Å². The van der Waals surface area contributed by atoms with E-state index in [-0.39, 0.29) is 22.2 Å². The third kappa shape index (κ3) is 4.06. The standard InChI is InChI=1S/C19H16ClN5O3S/c20-15-4-3-13(25(27)28)12-14(15)19(26)24-9-7-23(8-10-24)18-6-5-16(21-22-18)17-2-1-11-29-17/h1-6,11-12H,7-10H2. The third-order valence-electron chi connectivity index (χ3n) is 4.71. The van der Waals surface area contributed by atoms with Gasteiger partial charge in [-0.1, -0.05) is 17.7 Å². The van der Waals surface area contributed by atoms with Crippen LogP contribution in [0.25, 0.3) is 10.6 Å². The van der Waals surface area contributed by atoms with Crippen molar-refractivity contribution in [1.29, 1.82) is 0 Å². The van der Waals surface area contributed by atoms with E-state index < -0.39 is 4.92 Å². The van der Waals surface area contributed by atoms with E-state index in [0.29, 0.717) is 26.2 Å². The second-order valence-electron chi connectivity index (χ2n) is 6.45. The van der Waals surface area contributed by atoms with E-state index in [4.69, 9.17) is 11.6 Å². The quantitative estimate of drug-likeness (QED) is 0.463. The van der Waals surface area contributed by atoms with Gasteiger partial charge in [-0.3, -0.25) is 14.9 Å². The Balaban J connectivity index is 1.42. The molecule has 29 heavy (non-hydrogen) atoms. The number of anilines is 1. The minimum Gasteiger partial charge on any atom is -0.352 e. The lowest BCUT2D eigenvalue weighted by Crippen LogP contribution is -2.49. The summed E-state index contributed by atoms with van der Waals surface area (Å²) in [5, 5.41) is 21.8. The summed E-state index contributed by atoms with van der Waals surface area (Å²) in [6.45, 7) is 2.11. The smallest absolute Gasteiger partial charge is 0.270 e. The molecule has 1 aliphatic rings. The number of non-ortho nitro benzene ring substituents is 1. The van der Waals surface area contributed by atoms with E-state index in [1.807, 2.05) is 29.6 Å². The second kappa shape index (κ2) is 8.14. The van der Waals surface area contributed by atoms with Crippen LogP contribution in [0.15, 0.2) is 47.8 Å². The van der Waals surface area contributed by atoms with Gasteiger partial charge in [-0.05, 0) is 29.6 Å². The van der Waals surface area contributed by atoms with Gasteiger partial charge in [0.2, 0.25) is 0 Å². The van der Waals surface area contributed by atoms with Gasteiger partial charge in [-0.25, -0.2) is 0 Å². The number of thiophene rings is 1. The minimum atomic E-state index is -0.538. The van der Waals surface area contributed by atoms with Crippen LogP contribution in [0.2, 0.25) is 5.02 Å². The largest absolute Gasteiger partial charge is 0.352 e. The minimum absolute atomic E-state index is 0.148. The Hall–Kier alpha value is -3.04. The first-order valence-corrected chi connectivity index (χ1v) is 10.1. The van der Waals surface area contributed by atoms with Gasteiger partial charge in [0, 0.05) is 38.3 Å². The van der Waals surface area contributed by atoms with Crippen LogP contribution in [0.1, 0.15) is 10.4 Å². The number of aromatic nitrogens is 2. The second-order valence-corrected chi connectivity index (χ2v) is 7.81. The van der Waals surface area contributed by atoms with Crippen LogP contribution >= 0.6 is 22.9 Å². The molecule has 148 valence electrons. The molecule has 0 radical (unpaired) electrons. The number of hydrogen-bond donors (Lipinski definition) is 0. The third-order valence-corrected chi connectivity index (χ3v) is 5.93. The van der Waals surface area contributed by atoms with Gasteiger partial charge in [0.1, 0.15) is 5.69 Å². The lowest BCUT2D eigenvalue weighted by Gasteiger charge is -2.35. The van der Waals surface area contributed by atoms with Crippen molar-refractivity contribution in [2.24, 2.45) is 0 Å². The Morgan fingerprint density at radius 1 is 1.10 bits per heavy atom. The Bertz CT molecular complexity index is 1030. The number of nitrogens with zero attached hydrogens (tertiary/aromatic N) is 5. The molecule has 10 heteroatoms. The Kier molecular flexibility index (Phi) is 5.41. The van der Waals surface area contributed by atoms with Gasteiger partial charge in [0.05, 0.1) is 20.4 Å². The van der Waals surface area contributed by atoms with E-state index in [1.165, 1.54) is 18.2 Å². The number of nitro benzene ring substituents is 1. The SMILES string of the molecule is O=C(c1cc([N+](=O)[O-])ccc1Cl)N1CCN(c2ccc(-c3cccs3)nn2)CC1. The average Bonchev–Trinajstić information content (AvgIpc) is 3.29. The van der Waals surface area contributed by atoms with Crippen LogP contribution in [0, 0.1) is 10.1 Å². The Morgan fingerprint density at radius 2 is 1.90 bits per heavy atom. The number of amides is 1. The van der Waals surface area contributed by atoms with Gasteiger partial charge < -0.3 is 9.80 Å². The number of hydrogen-bond acceptors (Lipinski definition) is 7. The number of benzene rings is 1. The molecule has 0 N–H and O–H groups in total. The van der Waals surface area contributed by atoms with Crippen LogP contribution in [0.5, 0.6) is 0 Å². The number of carbonyl (C=O) groups is 1. The lowest BCUT2D eigenvalue weighted by atomic mass is 10.1. The highest BCUT2D eigenvalue weighted by molar-refractivity contribution is 7.13. The summed E-state index contributed by atoms with van der Waals surface area (Å²) in [6.07, 6.45) is 0. The van der Waals surface area contributed by atoms with Crippen LogP contribution in [0.4, 0.5) is 11.5 Å². The fraction of sp³-hybridized carbons (Fsp3) is 0.211. The number of halogens is 1. The first-order valence-electron chi connectivity index (χ1n) is 8.89. The molecule has 1 amide bonds. The highest BCUT2D eigenvalue weighted by atomic mass is 35.5. The Labute approximate surface area is 175 Å². The molecule has 0 spiro atoms. The fourth-order valence-electron chi connectivity index (χ4n) is 3.15. The van der Waals surface area contributed by atoms with Crippen molar-refractivity contribution in [3.8, 4) is 10.6 Å². The molecule has 3 heterocycles. The van der Waals surface area contributed by atoms with Crippen LogP contribution in [0.3, 0.4) is 0 Å². The first-order chi connectivity index (χ1) is 14.0.